The smallest absolute Gasteiger partial charge is 0.140 e. The molecule has 32 heavy (non-hydrogen) atoms. The lowest BCUT2D eigenvalue weighted by Gasteiger charge is -2.36. The van der Waals surface area contributed by atoms with E-state index in [9.17, 15) is 10.4 Å². The summed E-state index contributed by atoms with van der Waals surface area (Å²) in [6.07, 6.45) is 4.64. The first-order valence-corrected chi connectivity index (χ1v) is 11.1. The van der Waals surface area contributed by atoms with Crippen LogP contribution >= 0.6 is 0 Å². The van der Waals surface area contributed by atoms with E-state index < -0.39 is 0 Å². The molecule has 0 radical (unpaired) electrons. The van der Waals surface area contributed by atoms with Crippen LogP contribution in [-0.2, 0) is 19.3 Å². The maximum atomic E-state index is 10.2. The first-order chi connectivity index (χ1) is 15.7. The highest BCUT2D eigenvalue weighted by Crippen LogP contribution is 2.34. The number of hydrogen-bond acceptors (Lipinski definition) is 5. The van der Waals surface area contributed by atoms with Gasteiger partial charge in [-0.05, 0) is 73.1 Å². The van der Waals surface area contributed by atoms with Crippen molar-refractivity contribution in [2.75, 3.05) is 13.1 Å². The van der Waals surface area contributed by atoms with Crippen LogP contribution in [0, 0.1) is 22.7 Å². The first kappa shape index (κ1) is 21.6. The van der Waals surface area contributed by atoms with Crippen LogP contribution in [-0.4, -0.2) is 28.1 Å². The van der Waals surface area contributed by atoms with E-state index in [1.807, 2.05) is 48.5 Å². The summed E-state index contributed by atoms with van der Waals surface area (Å²) in [4.78, 5) is 7.06. The van der Waals surface area contributed by atoms with Crippen LogP contribution in [0.4, 0.5) is 0 Å². The number of hydrogen-bond donors (Lipinski definition) is 1. The lowest BCUT2D eigenvalue weighted by atomic mass is 9.89. The van der Waals surface area contributed by atoms with E-state index in [0.717, 1.165) is 56.5 Å². The molecular formula is C27H26N4O. The molecule has 1 atom stereocenters. The Bertz CT molecular complexity index is 1160. The number of aryl methyl sites for hydroxylation is 1. The Labute approximate surface area is 189 Å². The molecule has 5 nitrogen and oxygen atoms in total. The highest BCUT2D eigenvalue weighted by atomic mass is 16.3. The molecule has 1 aliphatic rings. The van der Waals surface area contributed by atoms with Gasteiger partial charge in [0.1, 0.15) is 17.5 Å². The number of para-hydroxylation sites is 1. The lowest BCUT2D eigenvalue weighted by Crippen LogP contribution is -2.35. The number of nitrogens with zero attached hydrogens (tertiary/aromatic N) is 4. The maximum absolute atomic E-state index is 10.2. The number of pyridine rings is 1. The van der Waals surface area contributed by atoms with E-state index in [1.165, 1.54) is 11.1 Å². The summed E-state index contributed by atoms with van der Waals surface area (Å²) in [5.74, 6) is 0.337. The van der Waals surface area contributed by atoms with Crippen LogP contribution in [0.3, 0.4) is 0 Å². The van der Waals surface area contributed by atoms with Crippen molar-refractivity contribution >= 4 is 0 Å². The first-order valence-electron chi connectivity index (χ1n) is 11.1. The van der Waals surface area contributed by atoms with Crippen LogP contribution in [0.2, 0.25) is 0 Å². The number of phenolic OH excluding ortho intramolecular Hbond substituents is 1. The van der Waals surface area contributed by atoms with Gasteiger partial charge in [-0.25, -0.2) is 4.98 Å². The lowest BCUT2D eigenvalue weighted by molar-refractivity contribution is 0.181. The van der Waals surface area contributed by atoms with E-state index in [2.05, 4.69) is 28.1 Å². The number of fused-ring (bicyclic) bond motifs is 1. The van der Waals surface area contributed by atoms with E-state index in [4.69, 9.17) is 5.26 Å². The topological polar surface area (TPSA) is 83.9 Å². The van der Waals surface area contributed by atoms with Crippen LogP contribution in [0.5, 0.6) is 5.75 Å². The molecule has 160 valence electrons. The maximum Gasteiger partial charge on any atom is 0.140 e. The van der Waals surface area contributed by atoms with E-state index in [-0.39, 0.29) is 6.04 Å². The zero-order chi connectivity index (χ0) is 22.3. The van der Waals surface area contributed by atoms with Crippen molar-refractivity contribution in [1.29, 1.82) is 10.5 Å². The fourth-order valence-electron chi connectivity index (χ4n) is 4.50. The standard InChI is InChI=1S/C27H26N4O/c28-18-21-10-8-20(9-11-21)14-16-31(17-15-22-4-1-2-7-27(22)32)26-6-3-5-25-24(26)13-12-23(19-29)30-25/h1-2,4,7-13,26,32H,3,5-6,14-17H2. The zero-order valence-corrected chi connectivity index (χ0v) is 18.0. The summed E-state index contributed by atoms with van der Waals surface area (Å²) in [6.45, 7) is 1.68. The van der Waals surface area contributed by atoms with Gasteiger partial charge in [-0.1, -0.05) is 36.4 Å². The van der Waals surface area contributed by atoms with Gasteiger partial charge in [-0.15, -0.1) is 0 Å². The van der Waals surface area contributed by atoms with Gasteiger partial charge in [0.25, 0.3) is 0 Å². The van der Waals surface area contributed by atoms with Crippen LogP contribution < -0.4 is 0 Å². The minimum Gasteiger partial charge on any atom is -0.508 e. The van der Waals surface area contributed by atoms with Crippen molar-refractivity contribution in [3.05, 3.63) is 94.3 Å². The number of aromatic nitrogens is 1. The summed E-state index contributed by atoms with van der Waals surface area (Å²) < 4.78 is 0. The van der Waals surface area contributed by atoms with Crippen molar-refractivity contribution in [2.45, 2.75) is 38.1 Å². The van der Waals surface area contributed by atoms with Gasteiger partial charge in [0.05, 0.1) is 11.6 Å². The molecule has 0 spiro atoms. The van der Waals surface area contributed by atoms with Gasteiger partial charge >= 0.3 is 0 Å². The second-order valence-corrected chi connectivity index (χ2v) is 8.23. The average molecular weight is 423 g/mol. The summed E-state index contributed by atoms with van der Waals surface area (Å²) >= 11 is 0. The number of phenols is 1. The van der Waals surface area contributed by atoms with Gasteiger partial charge in [0.2, 0.25) is 0 Å². The molecule has 1 N–H and O–H groups in total. The third-order valence-corrected chi connectivity index (χ3v) is 6.25. The Morgan fingerprint density at radius 3 is 2.47 bits per heavy atom. The fourth-order valence-corrected chi connectivity index (χ4v) is 4.50. The molecule has 0 bridgehead atoms. The van der Waals surface area contributed by atoms with E-state index >= 15 is 0 Å². The van der Waals surface area contributed by atoms with Crippen LogP contribution in [0.1, 0.15) is 52.5 Å². The normalized spacial score (nSPS) is 15.0. The van der Waals surface area contributed by atoms with Crippen molar-refractivity contribution in [2.24, 2.45) is 0 Å². The second-order valence-electron chi connectivity index (χ2n) is 8.23. The monoisotopic (exact) mass is 422 g/mol. The van der Waals surface area contributed by atoms with Gasteiger partial charge in [-0.2, -0.15) is 10.5 Å². The van der Waals surface area contributed by atoms with Gasteiger partial charge in [0, 0.05) is 24.8 Å². The van der Waals surface area contributed by atoms with Crippen molar-refractivity contribution in [3.8, 4) is 17.9 Å². The zero-order valence-electron chi connectivity index (χ0n) is 18.0. The highest BCUT2D eigenvalue weighted by Gasteiger charge is 2.27. The molecule has 4 rings (SSSR count). The van der Waals surface area contributed by atoms with E-state index in [1.54, 1.807) is 6.07 Å². The molecule has 0 amide bonds. The van der Waals surface area contributed by atoms with Gasteiger partial charge < -0.3 is 5.11 Å². The van der Waals surface area contributed by atoms with Crippen molar-refractivity contribution in [3.63, 3.8) is 0 Å². The molecule has 0 saturated heterocycles. The molecule has 5 heteroatoms. The molecule has 0 aliphatic heterocycles. The Morgan fingerprint density at radius 1 is 0.938 bits per heavy atom. The second kappa shape index (κ2) is 10.1. The quantitative estimate of drug-likeness (QED) is 0.597. The molecule has 3 aromatic rings. The summed E-state index contributed by atoms with van der Waals surface area (Å²) in [5, 5.41) is 28.5. The molecular weight excluding hydrogens is 396 g/mol. The number of aromatic hydroxyl groups is 1. The Morgan fingerprint density at radius 2 is 1.72 bits per heavy atom. The minimum atomic E-state index is 0.239. The summed E-state index contributed by atoms with van der Waals surface area (Å²) in [6, 6.07) is 23.7. The number of nitriles is 2. The highest BCUT2D eigenvalue weighted by molar-refractivity contribution is 5.35. The molecule has 1 aromatic heterocycles. The Kier molecular flexibility index (Phi) is 6.80. The third kappa shape index (κ3) is 4.97. The van der Waals surface area contributed by atoms with Crippen LogP contribution in [0.25, 0.3) is 0 Å². The van der Waals surface area contributed by atoms with Crippen molar-refractivity contribution < 1.29 is 5.11 Å². The minimum absolute atomic E-state index is 0.239. The molecule has 0 fully saturated rings. The molecule has 2 aromatic carbocycles. The van der Waals surface area contributed by atoms with Gasteiger partial charge in [-0.3, -0.25) is 4.90 Å². The summed E-state index contributed by atoms with van der Waals surface area (Å²) in [7, 11) is 0. The third-order valence-electron chi connectivity index (χ3n) is 6.25. The Balaban J connectivity index is 1.56. The molecule has 1 unspecified atom stereocenters. The van der Waals surface area contributed by atoms with Crippen molar-refractivity contribution in [1.82, 2.24) is 9.88 Å². The fraction of sp³-hybridized carbons (Fsp3) is 0.296. The van der Waals surface area contributed by atoms with Gasteiger partial charge in [0.15, 0.2) is 0 Å². The summed E-state index contributed by atoms with van der Waals surface area (Å²) in [5.41, 5.74) is 5.54. The average Bonchev–Trinajstić information content (AvgIpc) is 2.84. The Hall–Kier alpha value is -3.67. The number of benzene rings is 2. The molecule has 1 aliphatic carbocycles. The predicted molar refractivity (Wildman–Crippen MR) is 123 cm³/mol. The molecule has 1 heterocycles. The SMILES string of the molecule is N#Cc1ccc(CCN(CCc2ccccc2O)C2CCCc3nc(C#N)ccc32)cc1. The van der Waals surface area contributed by atoms with Crippen LogP contribution in [0.15, 0.2) is 60.7 Å². The molecule has 0 saturated carbocycles. The number of rotatable bonds is 7. The van der Waals surface area contributed by atoms with E-state index in [0.29, 0.717) is 17.0 Å². The largest absolute Gasteiger partial charge is 0.508 e. The predicted octanol–water partition coefficient (Wildman–Crippen LogP) is 4.70.